The molecule has 0 aliphatic rings. The summed E-state index contributed by atoms with van der Waals surface area (Å²) in [6.45, 7) is 1.97. The van der Waals surface area contributed by atoms with Crippen molar-refractivity contribution >= 4 is 23.8 Å². The van der Waals surface area contributed by atoms with Crippen LogP contribution in [0.15, 0.2) is 0 Å². The van der Waals surface area contributed by atoms with Gasteiger partial charge in [-0.25, -0.2) is 0 Å². The lowest BCUT2D eigenvalue weighted by molar-refractivity contribution is 0.491. The molecule has 2 unspecified atom stereocenters. The first-order chi connectivity index (χ1) is 11.3. The van der Waals surface area contributed by atoms with Crippen LogP contribution in [0.4, 0.5) is 23.8 Å². The van der Waals surface area contributed by atoms with E-state index in [0.717, 1.165) is 12.8 Å². The molecule has 10 N–H and O–H groups in total. The van der Waals surface area contributed by atoms with Crippen LogP contribution < -0.4 is 28.7 Å². The van der Waals surface area contributed by atoms with Crippen molar-refractivity contribution in [2.24, 2.45) is 5.73 Å². The van der Waals surface area contributed by atoms with Crippen molar-refractivity contribution in [3.8, 4) is 0 Å². The molecule has 0 saturated heterocycles. The number of nitrogens with two attached hydrogens (primary N) is 5. The molecular weight excluding hydrogens is 310 g/mol. The zero-order chi connectivity index (χ0) is 17.7. The summed E-state index contributed by atoms with van der Waals surface area (Å²) in [5.74, 6) is 1.62. The number of hydrogen-bond donors (Lipinski definition) is 5. The first-order valence-corrected chi connectivity index (χ1v) is 7.62. The first-order valence-electron chi connectivity index (χ1n) is 7.62. The van der Waals surface area contributed by atoms with E-state index in [4.69, 9.17) is 28.7 Å². The summed E-state index contributed by atoms with van der Waals surface area (Å²) in [6, 6.07) is -0.0317. The molecule has 0 amide bonds. The second-order valence-corrected chi connectivity index (χ2v) is 5.67. The molecule has 2 aromatic heterocycles. The number of aryl methyl sites for hydroxylation is 1. The minimum Gasteiger partial charge on any atom is -0.368 e. The van der Waals surface area contributed by atoms with E-state index in [1.807, 2.05) is 6.92 Å². The smallest absolute Gasteiger partial charge is 0.225 e. The Morgan fingerprint density at radius 1 is 0.792 bits per heavy atom. The quantitative estimate of drug-likeness (QED) is 0.424. The van der Waals surface area contributed by atoms with E-state index in [1.165, 1.54) is 0 Å². The standard InChI is InChI=1S/C13H23N11/c1-6(9-21-12(17)24-13(18)22-9)5-7(14)3-2-4-8-19-10(15)23-11(16)20-8/h6-7H,2-5,14H2,1H3,(H4,15,16,19,20,23)(H4,17,18,21,22,24). The van der Waals surface area contributed by atoms with Crippen molar-refractivity contribution in [1.82, 2.24) is 29.9 Å². The molecule has 11 heteroatoms. The highest BCUT2D eigenvalue weighted by Crippen LogP contribution is 2.19. The predicted molar refractivity (Wildman–Crippen MR) is 91.2 cm³/mol. The van der Waals surface area contributed by atoms with Gasteiger partial charge in [0.2, 0.25) is 23.8 Å². The third-order valence-electron chi connectivity index (χ3n) is 3.48. The van der Waals surface area contributed by atoms with Gasteiger partial charge in [-0.05, 0) is 19.3 Å². The highest BCUT2D eigenvalue weighted by atomic mass is 15.1. The molecule has 0 aliphatic carbocycles. The van der Waals surface area contributed by atoms with Gasteiger partial charge in [0.25, 0.3) is 0 Å². The number of aromatic nitrogens is 6. The number of anilines is 4. The largest absolute Gasteiger partial charge is 0.368 e. The van der Waals surface area contributed by atoms with E-state index in [1.54, 1.807) is 0 Å². The van der Waals surface area contributed by atoms with Crippen LogP contribution in [0.5, 0.6) is 0 Å². The summed E-state index contributed by atoms with van der Waals surface area (Å²) < 4.78 is 0. The highest BCUT2D eigenvalue weighted by molar-refractivity contribution is 5.27. The van der Waals surface area contributed by atoms with Crippen molar-refractivity contribution < 1.29 is 0 Å². The number of nitrogen functional groups attached to an aromatic ring is 4. The maximum Gasteiger partial charge on any atom is 0.225 e. The summed E-state index contributed by atoms with van der Waals surface area (Å²) in [6.07, 6.45) is 2.92. The molecule has 11 nitrogen and oxygen atoms in total. The van der Waals surface area contributed by atoms with E-state index in [-0.39, 0.29) is 35.8 Å². The molecule has 0 aliphatic heterocycles. The fourth-order valence-electron chi connectivity index (χ4n) is 2.42. The Morgan fingerprint density at radius 2 is 1.29 bits per heavy atom. The number of rotatable bonds is 7. The van der Waals surface area contributed by atoms with E-state index < -0.39 is 0 Å². The molecule has 0 saturated carbocycles. The van der Waals surface area contributed by atoms with E-state index in [2.05, 4.69) is 29.9 Å². The summed E-state index contributed by atoms with van der Waals surface area (Å²) >= 11 is 0. The molecule has 0 aromatic carbocycles. The predicted octanol–water partition coefficient (Wildman–Crippen LogP) is -0.771. The second-order valence-electron chi connectivity index (χ2n) is 5.67. The topological polar surface area (TPSA) is 207 Å². The third-order valence-corrected chi connectivity index (χ3v) is 3.48. The van der Waals surface area contributed by atoms with Crippen LogP contribution in [0.3, 0.4) is 0 Å². The zero-order valence-electron chi connectivity index (χ0n) is 13.6. The van der Waals surface area contributed by atoms with Gasteiger partial charge in [0, 0.05) is 18.4 Å². The van der Waals surface area contributed by atoms with Gasteiger partial charge < -0.3 is 28.7 Å². The van der Waals surface area contributed by atoms with Gasteiger partial charge in [0.05, 0.1) is 0 Å². The first kappa shape index (κ1) is 17.5. The van der Waals surface area contributed by atoms with Gasteiger partial charge in [0.1, 0.15) is 11.6 Å². The summed E-state index contributed by atoms with van der Waals surface area (Å²) in [4.78, 5) is 23.8. The fourth-order valence-corrected chi connectivity index (χ4v) is 2.42. The van der Waals surface area contributed by atoms with Gasteiger partial charge in [-0.2, -0.15) is 29.9 Å². The van der Waals surface area contributed by atoms with Crippen molar-refractivity contribution in [1.29, 1.82) is 0 Å². The monoisotopic (exact) mass is 333 g/mol. The Kier molecular flexibility index (Phi) is 5.58. The van der Waals surface area contributed by atoms with Crippen molar-refractivity contribution in [3.05, 3.63) is 11.6 Å². The third kappa shape index (κ3) is 5.12. The normalized spacial score (nSPS) is 13.6. The average molecular weight is 333 g/mol. The molecule has 2 rings (SSSR count). The minimum absolute atomic E-state index is 0.0241. The van der Waals surface area contributed by atoms with Gasteiger partial charge in [-0.15, -0.1) is 0 Å². The minimum atomic E-state index is -0.0317. The fraction of sp³-hybridized carbons (Fsp3) is 0.538. The van der Waals surface area contributed by atoms with E-state index >= 15 is 0 Å². The van der Waals surface area contributed by atoms with Gasteiger partial charge in [0.15, 0.2) is 0 Å². The SMILES string of the molecule is CC(CC(N)CCCc1nc(N)nc(N)n1)c1nc(N)nc(N)n1. The molecule has 0 fully saturated rings. The van der Waals surface area contributed by atoms with Crippen LogP contribution in [0.1, 0.15) is 43.8 Å². The van der Waals surface area contributed by atoms with Crippen LogP contribution in [0.25, 0.3) is 0 Å². The van der Waals surface area contributed by atoms with E-state index in [9.17, 15) is 0 Å². The Bertz CT molecular complexity index is 649. The molecule has 0 bridgehead atoms. The summed E-state index contributed by atoms with van der Waals surface area (Å²) in [5, 5.41) is 0. The molecule has 130 valence electrons. The van der Waals surface area contributed by atoms with E-state index in [0.29, 0.717) is 24.5 Å². The van der Waals surface area contributed by atoms with Crippen LogP contribution in [0.2, 0.25) is 0 Å². The summed E-state index contributed by atoms with van der Waals surface area (Å²) in [7, 11) is 0. The highest BCUT2D eigenvalue weighted by Gasteiger charge is 2.15. The van der Waals surface area contributed by atoms with Crippen molar-refractivity contribution in [2.45, 2.75) is 44.6 Å². The lowest BCUT2D eigenvalue weighted by Crippen LogP contribution is -2.23. The van der Waals surface area contributed by atoms with Gasteiger partial charge in [-0.1, -0.05) is 6.92 Å². The average Bonchev–Trinajstić information content (AvgIpc) is 2.45. The molecule has 0 spiro atoms. The maximum absolute atomic E-state index is 6.18. The van der Waals surface area contributed by atoms with Crippen molar-refractivity contribution in [2.75, 3.05) is 22.9 Å². The van der Waals surface area contributed by atoms with Gasteiger partial charge >= 0.3 is 0 Å². The zero-order valence-corrected chi connectivity index (χ0v) is 13.6. The molecule has 24 heavy (non-hydrogen) atoms. The number of nitrogens with zero attached hydrogens (tertiary/aromatic N) is 6. The second kappa shape index (κ2) is 7.64. The Hall–Kier alpha value is -2.82. The summed E-state index contributed by atoms with van der Waals surface area (Å²) in [5.41, 5.74) is 28.4. The van der Waals surface area contributed by atoms with Crippen LogP contribution in [-0.2, 0) is 6.42 Å². The lowest BCUT2D eigenvalue weighted by atomic mass is 9.97. The van der Waals surface area contributed by atoms with Crippen LogP contribution >= 0.6 is 0 Å². The Morgan fingerprint density at radius 3 is 1.83 bits per heavy atom. The Balaban J connectivity index is 1.83. The maximum atomic E-state index is 6.18. The molecule has 2 aromatic rings. The molecule has 0 radical (unpaired) electrons. The molecule has 2 heterocycles. The molecule has 2 atom stereocenters. The molecular formula is C13H23N11. The van der Waals surface area contributed by atoms with Crippen LogP contribution in [0, 0.1) is 0 Å². The lowest BCUT2D eigenvalue weighted by Gasteiger charge is -2.16. The number of hydrogen-bond acceptors (Lipinski definition) is 11. The Labute approximate surface area is 139 Å². The van der Waals surface area contributed by atoms with Crippen LogP contribution in [-0.4, -0.2) is 35.9 Å². The van der Waals surface area contributed by atoms with Crippen molar-refractivity contribution in [3.63, 3.8) is 0 Å². The van der Waals surface area contributed by atoms with Gasteiger partial charge in [-0.3, -0.25) is 0 Å².